The van der Waals surface area contributed by atoms with Crippen LogP contribution in [0.1, 0.15) is 22.6 Å². The molecule has 24 heavy (non-hydrogen) atoms. The highest BCUT2D eigenvalue weighted by molar-refractivity contribution is 5.86. The fourth-order valence-corrected chi connectivity index (χ4v) is 3.28. The van der Waals surface area contributed by atoms with E-state index < -0.39 is 0 Å². The minimum absolute atomic E-state index is 0.807. The molecule has 0 aliphatic heterocycles. The van der Waals surface area contributed by atoms with Gasteiger partial charge in [-0.25, -0.2) is 4.98 Å². The number of rotatable bonds is 3. The van der Waals surface area contributed by atoms with Crippen LogP contribution in [0.15, 0.2) is 53.3 Å². The van der Waals surface area contributed by atoms with Crippen molar-refractivity contribution in [3.63, 3.8) is 0 Å². The molecule has 0 saturated carbocycles. The number of fused-ring (bicyclic) bond motifs is 1. The molecule has 4 nitrogen and oxygen atoms in total. The number of hydrogen-bond donors (Lipinski definition) is 0. The zero-order chi connectivity index (χ0) is 16.7. The summed E-state index contributed by atoms with van der Waals surface area (Å²) < 4.78 is 7.53. The first-order valence-corrected chi connectivity index (χ1v) is 8.06. The molecule has 0 aliphatic rings. The lowest BCUT2D eigenvalue weighted by Gasteiger charge is -2.08. The minimum atomic E-state index is 0.807. The standard InChI is InChI=1S/C20H19N3O/c1-13-9-17(19-14(2)22-24-15(19)3)10-18-20(13)21-12-23(18)11-16-7-5-4-6-8-16/h4-10,12H,11H2,1-3H3. The van der Waals surface area contributed by atoms with E-state index in [0.717, 1.165) is 45.7 Å². The van der Waals surface area contributed by atoms with Crippen LogP contribution in [0.25, 0.3) is 22.2 Å². The molecule has 2 aromatic heterocycles. The molecule has 0 aliphatic carbocycles. The zero-order valence-electron chi connectivity index (χ0n) is 14.1. The third-order valence-corrected chi connectivity index (χ3v) is 4.43. The molecule has 2 aromatic carbocycles. The Bertz CT molecular complexity index is 993. The van der Waals surface area contributed by atoms with Gasteiger partial charge in [0.2, 0.25) is 0 Å². The van der Waals surface area contributed by atoms with Crippen molar-refractivity contribution in [3.05, 3.63) is 71.4 Å². The first-order chi connectivity index (χ1) is 11.6. The van der Waals surface area contributed by atoms with Crippen molar-refractivity contribution < 1.29 is 4.52 Å². The monoisotopic (exact) mass is 317 g/mol. The van der Waals surface area contributed by atoms with E-state index in [0.29, 0.717) is 0 Å². The van der Waals surface area contributed by atoms with Crippen LogP contribution in [0.5, 0.6) is 0 Å². The second-order valence-electron chi connectivity index (χ2n) is 6.22. The molecular weight excluding hydrogens is 298 g/mol. The number of imidazole rings is 1. The summed E-state index contributed by atoms with van der Waals surface area (Å²) in [5, 5.41) is 4.08. The molecule has 0 fully saturated rings. The molecule has 0 amide bonds. The maximum Gasteiger partial charge on any atom is 0.141 e. The fourth-order valence-electron chi connectivity index (χ4n) is 3.28. The van der Waals surface area contributed by atoms with Crippen molar-refractivity contribution in [1.29, 1.82) is 0 Å². The molecule has 4 rings (SSSR count). The van der Waals surface area contributed by atoms with Gasteiger partial charge < -0.3 is 9.09 Å². The van der Waals surface area contributed by atoms with Crippen LogP contribution in [0.2, 0.25) is 0 Å². The molecule has 120 valence electrons. The summed E-state index contributed by atoms with van der Waals surface area (Å²) in [6, 6.07) is 14.8. The summed E-state index contributed by atoms with van der Waals surface area (Å²) in [6.07, 6.45) is 1.92. The summed E-state index contributed by atoms with van der Waals surface area (Å²) in [6.45, 7) is 6.84. The van der Waals surface area contributed by atoms with E-state index in [9.17, 15) is 0 Å². The van der Waals surface area contributed by atoms with Gasteiger partial charge in [0, 0.05) is 12.1 Å². The highest BCUT2D eigenvalue weighted by Crippen LogP contribution is 2.31. The van der Waals surface area contributed by atoms with Gasteiger partial charge in [0.15, 0.2) is 0 Å². The molecule has 0 saturated heterocycles. The SMILES string of the molecule is Cc1noc(C)c1-c1cc(C)c2ncn(Cc3ccccc3)c2c1. The largest absolute Gasteiger partial charge is 0.361 e. The van der Waals surface area contributed by atoms with Crippen molar-refractivity contribution in [3.8, 4) is 11.1 Å². The maximum absolute atomic E-state index is 5.34. The van der Waals surface area contributed by atoms with Crippen molar-refractivity contribution in [2.45, 2.75) is 27.3 Å². The zero-order valence-corrected chi connectivity index (χ0v) is 14.1. The highest BCUT2D eigenvalue weighted by Gasteiger charge is 2.15. The molecule has 2 heterocycles. The van der Waals surface area contributed by atoms with Gasteiger partial charge >= 0.3 is 0 Å². The number of hydrogen-bond acceptors (Lipinski definition) is 3. The van der Waals surface area contributed by atoms with Crippen LogP contribution in [-0.4, -0.2) is 14.7 Å². The van der Waals surface area contributed by atoms with E-state index in [2.05, 4.69) is 58.0 Å². The molecule has 0 radical (unpaired) electrons. The molecule has 0 atom stereocenters. The fraction of sp³-hybridized carbons (Fsp3) is 0.200. The van der Waals surface area contributed by atoms with Gasteiger partial charge in [-0.3, -0.25) is 0 Å². The number of nitrogens with zero attached hydrogens (tertiary/aromatic N) is 3. The van der Waals surface area contributed by atoms with Gasteiger partial charge in [0.1, 0.15) is 5.76 Å². The van der Waals surface area contributed by atoms with Crippen LogP contribution >= 0.6 is 0 Å². The summed E-state index contributed by atoms with van der Waals surface area (Å²) in [7, 11) is 0. The van der Waals surface area contributed by atoms with Crippen LogP contribution in [0.3, 0.4) is 0 Å². The molecule has 4 heteroatoms. The summed E-state index contributed by atoms with van der Waals surface area (Å²) in [4.78, 5) is 4.61. The molecule has 0 unspecified atom stereocenters. The topological polar surface area (TPSA) is 43.9 Å². The Labute approximate surface area is 140 Å². The third-order valence-electron chi connectivity index (χ3n) is 4.43. The first kappa shape index (κ1) is 14.7. The van der Waals surface area contributed by atoms with Gasteiger partial charge in [-0.1, -0.05) is 35.5 Å². The van der Waals surface area contributed by atoms with Crippen molar-refractivity contribution in [2.75, 3.05) is 0 Å². The van der Waals surface area contributed by atoms with E-state index in [1.807, 2.05) is 26.2 Å². The molecule has 0 bridgehead atoms. The Morgan fingerprint density at radius 3 is 2.54 bits per heavy atom. The lowest BCUT2D eigenvalue weighted by Crippen LogP contribution is -1.98. The summed E-state index contributed by atoms with van der Waals surface area (Å²) >= 11 is 0. The average Bonchev–Trinajstić information content (AvgIpc) is 3.12. The second-order valence-corrected chi connectivity index (χ2v) is 6.22. The van der Waals surface area contributed by atoms with Crippen molar-refractivity contribution >= 4 is 11.0 Å². The second kappa shape index (κ2) is 5.64. The quantitative estimate of drug-likeness (QED) is 0.552. The predicted octanol–water partition coefficient (Wildman–Crippen LogP) is 4.66. The van der Waals surface area contributed by atoms with Gasteiger partial charge in [0.05, 0.1) is 23.1 Å². The van der Waals surface area contributed by atoms with Crippen molar-refractivity contribution in [2.24, 2.45) is 0 Å². The number of aryl methyl sites for hydroxylation is 3. The van der Waals surface area contributed by atoms with Crippen molar-refractivity contribution in [1.82, 2.24) is 14.7 Å². The summed E-state index contributed by atoms with van der Waals surface area (Å²) in [5.41, 5.74) is 7.72. The first-order valence-electron chi connectivity index (χ1n) is 8.06. The van der Waals surface area contributed by atoms with Gasteiger partial charge in [0.25, 0.3) is 0 Å². The van der Waals surface area contributed by atoms with Crippen LogP contribution in [0.4, 0.5) is 0 Å². The number of aromatic nitrogens is 3. The van der Waals surface area contributed by atoms with Gasteiger partial charge in [-0.05, 0) is 49.6 Å². The molecular formula is C20H19N3O. The third kappa shape index (κ3) is 2.40. The van der Waals surface area contributed by atoms with Crippen LogP contribution in [-0.2, 0) is 6.54 Å². The smallest absolute Gasteiger partial charge is 0.141 e. The van der Waals surface area contributed by atoms with E-state index in [4.69, 9.17) is 4.52 Å². The predicted molar refractivity (Wildman–Crippen MR) is 95.0 cm³/mol. The molecule has 0 spiro atoms. The summed E-state index contributed by atoms with van der Waals surface area (Å²) in [5.74, 6) is 0.848. The van der Waals surface area contributed by atoms with E-state index >= 15 is 0 Å². The normalized spacial score (nSPS) is 11.3. The lowest BCUT2D eigenvalue weighted by molar-refractivity contribution is 0.393. The highest BCUT2D eigenvalue weighted by atomic mass is 16.5. The Morgan fingerprint density at radius 2 is 1.83 bits per heavy atom. The Balaban J connectivity index is 1.86. The van der Waals surface area contributed by atoms with Crippen LogP contribution < -0.4 is 0 Å². The lowest BCUT2D eigenvalue weighted by atomic mass is 10.0. The Morgan fingerprint density at radius 1 is 1.04 bits per heavy atom. The molecule has 4 aromatic rings. The minimum Gasteiger partial charge on any atom is -0.361 e. The Kier molecular flexibility index (Phi) is 3.45. The average molecular weight is 317 g/mol. The van der Waals surface area contributed by atoms with Gasteiger partial charge in [-0.2, -0.15) is 0 Å². The Hall–Kier alpha value is -2.88. The maximum atomic E-state index is 5.34. The van der Waals surface area contributed by atoms with E-state index in [-0.39, 0.29) is 0 Å². The van der Waals surface area contributed by atoms with Crippen LogP contribution in [0, 0.1) is 20.8 Å². The number of benzene rings is 2. The van der Waals surface area contributed by atoms with E-state index in [1.54, 1.807) is 0 Å². The van der Waals surface area contributed by atoms with Gasteiger partial charge in [-0.15, -0.1) is 0 Å². The van der Waals surface area contributed by atoms with E-state index in [1.165, 1.54) is 5.56 Å². The molecule has 0 N–H and O–H groups in total.